The highest BCUT2D eigenvalue weighted by Crippen LogP contribution is 2.23. The maximum atomic E-state index is 13.0. The third-order valence-electron chi connectivity index (χ3n) is 4.48. The number of carboxylic acids is 1. The van der Waals surface area contributed by atoms with E-state index in [1.54, 1.807) is 31.4 Å². The van der Waals surface area contributed by atoms with E-state index >= 15 is 0 Å². The average molecular weight is 334 g/mol. The first-order valence-electron chi connectivity index (χ1n) is 8.03. The van der Waals surface area contributed by atoms with Crippen LogP contribution in [0.25, 0.3) is 0 Å². The van der Waals surface area contributed by atoms with Crippen LogP contribution < -0.4 is 4.74 Å². The van der Waals surface area contributed by atoms with Gasteiger partial charge < -0.3 is 19.5 Å². The number of amides is 1. The van der Waals surface area contributed by atoms with E-state index in [4.69, 9.17) is 14.6 Å². The standard InChI is InChI=1S/C17H22N2O5/c1-23-15-4-2-3-13(5-15)17(22)19-7-12-6-18(9-16(20)21)8-14(19)11-24-10-12/h2-5,12,14H,6-11H2,1H3,(H,20,21)/t12-,14-/m0/s1. The summed E-state index contributed by atoms with van der Waals surface area (Å²) in [6.45, 7) is 2.70. The molecule has 0 saturated carbocycles. The van der Waals surface area contributed by atoms with Gasteiger partial charge in [0.05, 0.1) is 32.9 Å². The molecule has 2 aliphatic rings. The minimum absolute atomic E-state index is 0.00576. The number of carbonyl (C=O) groups is 2. The van der Waals surface area contributed by atoms with Gasteiger partial charge in [0.25, 0.3) is 5.91 Å². The summed E-state index contributed by atoms with van der Waals surface area (Å²) in [5.41, 5.74) is 0.576. The van der Waals surface area contributed by atoms with Crippen molar-refractivity contribution < 1.29 is 24.2 Å². The summed E-state index contributed by atoms with van der Waals surface area (Å²) < 4.78 is 10.9. The van der Waals surface area contributed by atoms with Gasteiger partial charge in [0.15, 0.2) is 0 Å². The lowest BCUT2D eigenvalue weighted by molar-refractivity contribution is -0.138. The Morgan fingerprint density at radius 1 is 1.29 bits per heavy atom. The molecule has 2 fully saturated rings. The van der Waals surface area contributed by atoms with Gasteiger partial charge in [-0.15, -0.1) is 0 Å². The number of aliphatic carboxylic acids is 1. The molecule has 0 radical (unpaired) electrons. The summed E-state index contributed by atoms with van der Waals surface area (Å²) in [6.07, 6.45) is 0. The number of carbonyl (C=O) groups excluding carboxylic acids is 1. The van der Waals surface area contributed by atoms with Crippen LogP contribution in [0.4, 0.5) is 0 Å². The van der Waals surface area contributed by atoms with Crippen LogP contribution in [-0.2, 0) is 9.53 Å². The van der Waals surface area contributed by atoms with Crippen molar-refractivity contribution in [1.29, 1.82) is 0 Å². The highest BCUT2D eigenvalue weighted by atomic mass is 16.5. The van der Waals surface area contributed by atoms with Crippen molar-refractivity contribution in [2.24, 2.45) is 5.92 Å². The van der Waals surface area contributed by atoms with E-state index in [0.717, 1.165) is 0 Å². The lowest BCUT2D eigenvalue weighted by atomic mass is 10.1. The number of ether oxygens (including phenoxy) is 2. The Bertz CT molecular complexity index is 621. The molecular weight excluding hydrogens is 312 g/mol. The molecule has 1 aromatic rings. The van der Waals surface area contributed by atoms with Gasteiger partial charge >= 0.3 is 5.97 Å². The largest absolute Gasteiger partial charge is 0.497 e. The molecule has 1 amide bonds. The first-order valence-corrected chi connectivity index (χ1v) is 8.03. The van der Waals surface area contributed by atoms with Crippen molar-refractivity contribution in [2.45, 2.75) is 6.04 Å². The second kappa shape index (κ2) is 7.19. The molecule has 24 heavy (non-hydrogen) atoms. The predicted octanol–water partition coefficient (Wildman–Crippen LogP) is 0.553. The minimum Gasteiger partial charge on any atom is -0.497 e. The van der Waals surface area contributed by atoms with Crippen molar-refractivity contribution in [1.82, 2.24) is 9.80 Å². The summed E-state index contributed by atoms with van der Waals surface area (Å²) >= 11 is 0. The van der Waals surface area contributed by atoms with Gasteiger partial charge in [-0.2, -0.15) is 0 Å². The first kappa shape index (κ1) is 16.7. The third-order valence-corrected chi connectivity index (χ3v) is 4.48. The van der Waals surface area contributed by atoms with Gasteiger partial charge in [0.2, 0.25) is 0 Å². The molecule has 0 aromatic heterocycles. The molecule has 0 spiro atoms. The van der Waals surface area contributed by atoms with Gasteiger partial charge in [-0.25, -0.2) is 0 Å². The molecule has 0 aliphatic carbocycles. The summed E-state index contributed by atoms with van der Waals surface area (Å²) in [5, 5.41) is 9.06. The van der Waals surface area contributed by atoms with Gasteiger partial charge in [0.1, 0.15) is 5.75 Å². The van der Waals surface area contributed by atoms with Gasteiger partial charge in [0, 0.05) is 31.1 Å². The summed E-state index contributed by atoms with van der Waals surface area (Å²) in [7, 11) is 1.57. The molecule has 3 rings (SSSR count). The van der Waals surface area contributed by atoms with E-state index < -0.39 is 5.97 Å². The van der Waals surface area contributed by atoms with Crippen molar-refractivity contribution in [2.75, 3.05) is 46.5 Å². The third kappa shape index (κ3) is 3.68. The van der Waals surface area contributed by atoms with Crippen LogP contribution in [0.5, 0.6) is 5.75 Å². The fraction of sp³-hybridized carbons (Fsp3) is 0.529. The Morgan fingerprint density at radius 3 is 2.88 bits per heavy atom. The molecule has 7 heteroatoms. The van der Waals surface area contributed by atoms with Gasteiger partial charge in [-0.1, -0.05) is 6.07 Å². The van der Waals surface area contributed by atoms with Crippen LogP contribution in [0.15, 0.2) is 24.3 Å². The van der Waals surface area contributed by atoms with Crippen LogP contribution in [0.1, 0.15) is 10.4 Å². The number of carboxylic acid groups (broad SMARTS) is 1. The summed E-state index contributed by atoms with van der Waals surface area (Å²) in [6, 6.07) is 6.96. The Balaban J connectivity index is 1.81. The second-order valence-electron chi connectivity index (χ2n) is 6.33. The fourth-order valence-electron chi connectivity index (χ4n) is 3.43. The zero-order valence-corrected chi connectivity index (χ0v) is 13.7. The lowest BCUT2D eigenvalue weighted by Gasteiger charge is -2.30. The molecule has 2 heterocycles. The Morgan fingerprint density at radius 2 is 2.12 bits per heavy atom. The molecule has 2 aliphatic heterocycles. The highest BCUT2D eigenvalue weighted by molar-refractivity contribution is 5.95. The molecule has 2 saturated heterocycles. The Kier molecular flexibility index (Phi) is 5.01. The van der Waals surface area contributed by atoms with E-state index in [9.17, 15) is 9.59 Å². The summed E-state index contributed by atoms with van der Waals surface area (Å²) in [5.74, 6) is -0.151. The van der Waals surface area contributed by atoms with E-state index in [1.165, 1.54) is 0 Å². The maximum absolute atomic E-state index is 13.0. The number of fused-ring (bicyclic) bond motifs is 3. The van der Waals surface area contributed by atoms with Crippen LogP contribution in [0.3, 0.4) is 0 Å². The number of hydrogen-bond donors (Lipinski definition) is 1. The minimum atomic E-state index is -0.846. The first-order chi connectivity index (χ1) is 11.6. The number of nitrogens with zero attached hydrogens (tertiary/aromatic N) is 2. The normalized spacial score (nSPS) is 24.3. The topological polar surface area (TPSA) is 79.3 Å². The van der Waals surface area contributed by atoms with E-state index in [2.05, 4.69) is 0 Å². The predicted molar refractivity (Wildman–Crippen MR) is 86.2 cm³/mol. The lowest BCUT2D eigenvalue weighted by Crippen LogP contribution is -2.47. The molecule has 2 bridgehead atoms. The highest BCUT2D eigenvalue weighted by Gasteiger charge is 2.36. The van der Waals surface area contributed by atoms with Gasteiger partial charge in [-0.3, -0.25) is 14.5 Å². The average Bonchev–Trinajstić information content (AvgIpc) is 2.84. The second-order valence-corrected chi connectivity index (χ2v) is 6.33. The number of benzene rings is 1. The maximum Gasteiger partial charge on any atom is 0.317 e. The Hall–Kier alpha value is -2.12. The molecule has 0 unspecified atom stereocenters. The molecular formula is C17H22N2O5. The smallest absolute Gasteiger partial charge is 0.317 e. The van der Waals surface area contributed by atoms with Crippen molar-refractivity contribution in [3.05, 3.63) is 29.8 Å². The monoisotopic (exact) mass is 334 g/mol. The molecule has 1 N–H and O–H groups in total. The number of rotatable bonds is 4. The van der Waals surface area contributed by atoms with Crippen molar-refractivity contribution >= 4 is 11.9 Å². The molecule has 2 atom stereocenters. The van der Waals surface area contributed by atoms with Crippen molar-refractivity contribution in [3.63, 3.8) is 0 Å². The number of methoxy groups -OCH3 is 1. The summed E-state index contributed by atoms with van der Waals surface area (Å²) in [4.78, 5) is 27.7. The zero-order chi connectivity index (χ0) is 17.1. The quantitative estimate of drug-likeness (QED) is 0.866. The van der Waals surface area contributed by atoms with Crippen molar-refractivity contribution in [3.8, 4) is 5.75 Å². The van der Waals surface area contributed by atoms with Crippen LogP contribution in [0.2, 0.25) is 0 Å². The van der Waals surface area contributed by atoms with E-state index in [-0.39, 0.29) is 24.4 Å². The fourth-order valence-corrected chi connectivity index (χ4v) is 3.43. The van der Waals surface area contributed by atoms with E-state index in [1.807, 2.05) is 9.80 Å². The number of hydrogen-bond acceptors (Lipinski definition) is 5. The molecule has 130 valence electrons. The molecule has 1 aromatic carbocycles. The van der Waals surface area contributed by atoms with E-state index in [0.29, 0.717) is 44.2 Å². The SMILES string of the molecule is COc1cccc(C(=O)N2C[C@H]3COC[C@@H]2CN(CC(=O)O)C3)c1. The van der Waals surface area contributed by atoms with Gasteiger partial charge in [-0.05, 0) is 18.2 Å². The molecule has 7 nitrogen and oxygen atoms in total. The van der Waals surface area contributed by atoms with Crippen LogP contribution in [-0.4, -0.2) is 79.3 Å². The van der Waals surface area contributed by atoms with Crippen LogP contribution >= 0.6 is 0 Å². The van der Waals surface area contributed by atoms with Crippen LogP contribution in [0, 0.1) is 5.92 Å². The Labute approximate surface area is 140 Å². The zero-order valence-electron chi connectivity index (χ0n) is 13.7.